The fourth-order valence-electron chi connectivity index (χ4n) is 4.08. The van der Waals surface area contributed by atoms with E-state index < -0.39 is 29.2 Å². The number of nitrogens with one attached hydrogen (secondary N) is 1. The Hall–Kier alpha value is -3.27. The van der Waals surface area contributed by atoms with Crippen molar-refractivity contribution in [2.45, 2.75) is 39.7 Å². The summed E-state index contributed by atoms with van der Waals surface area (Å²) in [4.78, 5) is 34.4. The van der Waals surface area contributed by atoms with Crippen molar-refractivity contribution in [3.05, 3.63) is 62.8 Å². The third-order valence-electron chi connectivity index (χ3n) is 6.17. The molecule has 2 N–H and O–H groups in total. The lowest BCUT2D eigenvalue weighted by Crippen LogP contribution is -2.39. The van der Waals surface area contributed by atoms with E-state index >= 15 is 4.39 Å². The van der Waals surface area contributed by atoms with Crippen molar-refractivity contribution in [1.82, 2.24) is 14.4 Å². The Bertz CT molecular complexity index is 1330. The van der Waals surface area contributed by atoms with Gasteiger partial charge in [0.05, 0.1) is 11.7 Å². The first kappa shape index (κ1) is 23.9. The van der Waals surface area contributed by atoms with Gasteiger partial charge in [-0.1, -0.05) is 25.4 Å². The van der Waals surface area contributed by atoms with Crippen LogP contribution in [0.1, 0.15) is 55.7 Å². The van der Waals surface area contributed by atoms with Crippen molar-refractivity contribution in [2.75, 3.05) is 23.3 Å². The molecule has 4 heterocycles. The average Bonchev–Trinajstić information content (AvgIpc) is 2.77. The predicted octanol–water partition coefficient (Wildman–Crippen LogP) is 4.52. The molecule has 0 spiro atoms. The second kappa shape index (κ2) is 8.83. The Labute approximate surface area is 199 Å². The van der Waals surface area contributed by atoms with Crippen LogP contribution in [-0.4, -0.2) is 38.5 Å². The van der Waals surface area contributed by atoms with E-state index in [-0.39, 0.29) is 39.0 Å². The molecule has 8 nitrogen and oxygen atoms in total. The Morgan fingerprint density at radius 1 is 1.24 bits per heavy atom. The van der Waals surface area contributed by atoms with E-state index in [1.54, 1.807) is 11.8 Å². The lowest BCUT2D eigenvalue weighted by molar-refractivity contribution is 0.0691. The summed E-state index contributed by atoms with van der Waals surface area (Å²) < 4.78 is 30.3. The molecule has 0 radical (unpaired) electrons. The van der Waals surface area contributed by atoms with E-state index in [0.717, 1.165) is 23.4 Å². The number of rotatable bonds is 5. The van der Waals surface area contributed by atoms with E-state index in [4.69, 9.17) is 11.6 Å². The summed E-state index contributed by atoms with van der Waals surface area (Å²) in [5, 5.41) is 12.4. The number of aromatic carboxylic acids is 1. The molecule has 34 heavy (non-hydrogen) atoms. The van der Waals surface area contributed by atoms with E-state index in [9.17, 15) is 19.1 Å². The number of anilines is 2. The van der Waals surface area contributed by atoms with Crippen LogP contribution in [0.5, 0.6) is 0 Å². The maximum absolute atomic E-state index is 15.0. The minimum atomic E-state index is -1.30. The van der Waals surface area contributed by atoms with E-state index in [0.29, 0.717) is 13.1 Å². The van der Waals surface area contributed by atoms with Gasteiger partial charge in [0.1, 0.15) is 16.6 Å². The molecule has 0 bridgehead atoms. The Morgan fingerprint density at radius 2 is 1.91 bits per heavy atom. The smallest absolute Gasteiger partial charge is 0.356 e. The van der Waals surface area contributed by atoms with Crippen molar-refractivity contribution in [3.63, 3.8) is 0 Å². The van der Waals surface area contributed by atoms with E-state index in [1.807, 2.05) is 0 Å². The molecule has 0 aliphatic carbocycles. The van der Waals surface area contributed by atoms with Gasteiger partial charge >= 0.3 is 5.97 Å². The molecule has 3 aromatic rings. The zero-order valence-electron chi connectivity index (χ0n) is 18.9. The molecule has 1 fully saturated rings. The van der Waals surface area contributed by atoms with Crippen LogP contribution in [0.25, 0.3) is 5.65 Å². The fraction of sp³-hybridized carbons (Fsp3) is 0.391. The lowest BCUT2D eigenvalue weighted by Gasteiger charge is -2.37. The fourth-order valence-corrected chi connectivity index (χ4v) is 4.22. The number of piperidine rings is 1. The van der Waals surface area contributed by atoms with Crippen molar-refractivity contribution in [1.29, 1.82) is 0 Å². The first-order valence-corrected chi connectivity index (χ1v) is 11.2. The molecule has 0 amide bonds. The van der Waals surface area contributed by atoms with Crippen LogP contribution >= 0.6 is 11.6 Å². The number of carboxylic acid groups (broad SMARTS) is 1. The normalized spacial score (nSPS) is 16.5. The van der Waals surface area contributed by atoms with E-state index in [2.05, 4.69) is 29.1 Å². The largest absolute Gasteiger partial charge is 0.476 e. The maximum atomic E-state index is 15.0. The van der Waals surface area contributed by atoms with Crippen LogP contribution < -0.4 is 15.8 Å². The first-order valence-electron chi connectivity index (χ1n) is 10.8. The summed E-state index contributed by atoms with van der Waals surface area (Å²) >= 11 is 5.81. The van der Waals surface area contributed by atoms with Crippen LogP contribution in [0.3, 0.4) is 0 Å². The number of fused-ring (bicyclic) bond motifs is 1. The van der Waals surface area contributed by atoms with Gasteiger partial charge in [-0.05, 0) is 43.4 Å². The average molecular weight is 492 g/mol. The molecular formula is C23H24ClF2N5O3. The van der Waals surface area contributed by atoms with Crippen molar-refractivity contribution in [3.8, 4) is 0 Å². The number of halogens is 3. The SMILES string of the molecule is C[C@@H](Nc1ccc(Cl)nc1C(=O)O)c1cc(F)cn2c(=O)c(F)c(N3CCC(C)(C)CC3)nc12. The van der Waals surface area contributed by atoms with Gasteiger partial charge in [0.2, 0.25) is 5.82 Å². The Morgan fingerprint density at radius 3 is 2.56 bits per heavy atom. The van der Waals surface area contributed by atoms with Gasteiger partial charge in [-0.25, -0.2) is 19.2 Å². The predicted molar refractivity (Wildman–Crippen MR) is 125 cm³/mol. The summed E-state index contributed by atoms with van der Waals surface area (Å²) in [5.41, 5.74) is -0.728. The maximum Gasteiger partial charge on any atom is 0.356 e. The highest BCUT2D eigenvalue weighted by Gasteiger charge is 2.29. The van der Waals surface area contributed by atoms with E-state index in [1.165, 1.54) is 18.2 Å². The van der Waals surface area contributed by atoms with Crippen molar-refractivity contribution >= 4 is 34.7 Å². The third-order valence-corrected chi connectivity index (χ3v) is 6.38. The molecule has 3 aromatic heterocycles. The highest BCUT2D eigenvalue weighted by atomic mass is 35.5. The molecule has 1 saturated heterocycles. The number of hydrogen-bond acceptors (Lipinski definition) is 6. The van der Waals surface area contributed by atoms with Crippen LogP contribution in [0.4, 0.5) is 20.3 Å². The number of pyridine rings is 2. The monoisotopic (exact) mass is 491 g/mol. The summed E-state index contributed by atoms with van der Waals surface area (Å²) in [6, 6.07) is 3.33. The minimum Gasteiger partial charge on any atom is -0.476 e. The zero-order chi connectivity index (χ0) is 24.8. The molecule has 4 rings (SSSR count). The third kappa shape index (κ3) is 4.54. The van der Waals surface area contributed by atoms with Gasteiger partial charge in [0, 0.05) is 24.8 Å². The molecule has 11 heteroatoms. The van der Waals surface area contributed by atoms with Crippen LogP contribution in [0.2, 0.25) is 5.15 Å². The van der Waals surface area contributed by atoms with Gasteiger partial charge in [0.15, 0.2) is 11.5 Å². The number of carbonyl (C=O) groups is 1. The molecule has 0 saturated carbocycles. The molecular weight excluding hydrogens is 468 g/mol. The zero-order valence-corrected chi connectivity index (χ0v) is 19.7. The molecule has 0 aromatic carbocycles. The number of nitrogens with zero attached hydrogens (tertiary/aromatic N) is 4. The topological polar surface area (TPSA) is 99.8 Å². The van der Waals surface area contributed by atoms with Crippen molar-refractivity contribution in [2.24, 2.45) is 5.41 Å². The lowest BCUT2D eigenvalue weighted by atomic mass is 9.83. The van der Waals surface area contributed by atoms with Crippen LogP contribution in [0.15, 0.2) is 29.2 Å². The van der Waals surface area contributed by atoms with Gasteiger partial charge in [-0.15, -0.1) is 0 Å². The molecule has 0 unspecified atom stereocenters. The van der Waals surface area contributed by atoms with Crippen LogP contribution in [0, 0.1) is 17.0 Å². The summed E-state index contributed by atoms with van der Waals surface area (Å²) in [5.74, 6) is -3.17. The highest BCUT2D eigenvalue weighted by molar-refractivity contribution is 6.29. The first-order chi connectivity index (χ1) is 16.0. The number of hydrogen-bond donors (Lipinski definition) is 2. The number of carboxylic acids is 1. The van der Waals surface area contributed by atoms with Crippen LogP contribution in [-0.2, 0) is 0 Å². The Balaban J connectivity index is 1.79. The molecule has 1 aliphatic heterocycles. The van der Waals surface area contributed by atoms with Gasteiger partial charge in [-0.3, -0.25) is 9.20 Å². The molecule has 1 atom stereocenters. The van der Waals surface area contributed by atoms with Gasteiger partial charge in [0.25, 0.3) is 5.56 Å². The second-order valence-electron chi connectivity index (χ2n) is 9.21. The minimum absolute atomic E-state index is 0.00449. The number of aromatic nitrogens is 3. The summed E-state index contributed by atoms with van der Waals surface area (Å²) in [6.07, 6.45) is 2.51. The van der Waals surface area contributed by atoms with Crippen molar-refractivity contribution < 1.29 is 18.7 Å². The summed E-state index contributed by atoms with van der Waals surface area (Å²) in [7, 11) is 0. The molecule has 1 aliphatic rings. The van der Waals surface area contributed by atoms with Gasteiger partial charge in [-0.2, -0.15) is 4.39 Å². The highest BCUT2D eigenvalue weighted by Crippen LogP contribution is 2.33. The standard InChI is InChI=1S/C23H24ClF2N5O3/c1-12(27-15-4-5-16(24)28-18(15)22(33)34)14-10-13(25)11-31-19(14)29-20(17(26)21(31)32)30-8-6-23(2,3)7-9-30/h4-5,10-12,27H,6-9H2,1-3H3,(H,33,34)/t12-/m1/s1. The second-order valence-corrected chi connectivity index (χ2v) is 9.60. The molecule has 180 valence electrons. The van der Waals surface area contributed by atoms with Gasteiger partial charge < -0.3 is 15.3 Å². The quantitative estimate of drug-likeness (QED) is 0.506. The Kier molecular flexibility index (Phi) is 6.20. The summed E-state index contributed by atoms with van der Waals surface area (Å²) in [6.45, 7) is 6.99.